The lowest BCUT2D eigenvalue weighted by molar-refractivity contribution is 0.228. The maximum absolute atomic E-state index is 5.43. The van der Waals surface area contributed by atoms with Crippen molar-refractivity contribution in [1.29, 1.82) is 0 Å². The highest BCUT2D eigenvalue weighted by Gasteiger charge is 2.20. The van der Waals surface area contributed by atoms with Crippen molar-refractivity contribution in [3.8, 4) is 5.88 Å². The molecule has 1 aliphatic heterocycles. The Morgan fingerprint density at radius 2 is 2.00 bits per heavy atom. The van der Waals surface area contributed by atoms with E-state index in [9.17, 15) is 0 Å². The highest BCUT2D eigenvalue weighted by atomic mass is 16.5. The molecule has 0 atom stereocenters. The highest BCUT2D eigenvalue weighted by molar-refractivity contribution is 5.25. The second-order valence-electron chi connectivity index (χ2n) is 6.00. The van der Waals surface area contributed by atoms with Crippen LogP contribution in [-0.2, 0) is 12.0 Å². The molecular weight excluding hydrogens is 240 g/mol. The van der Waals surface area contributed by atoms with Crippen LogP contribution in [0, 0.1) is 0 Å². The smallest absolute Gasteiger partial charge is 0.220 e. The van der Waals surface area contributed by atoms with Crippen molar-refractivity contribution in [2.45, 2.75) is 32.7 Å². The Labute approximate surface area is 115 Å². The maximum atomic E-state index is 5.43. The van der Waals surface area contributed by atoms with Crippen LogP contribution >= 0.6 is 0 Å². The summed E-state index contributed by atoms with van der Waals surface area (Å²) in [6.07, 6.45) is 1.91. The topological polar surface area (TPSA) is 50.3 Å². The van der Waals surface area contributed by atoms with Crippen LogP contribution in [0.3, 0.4) is 0 Å². The predicted molar refractivity (Wildman–Crippen MR) is 75.4 cm³/mol. The fourth-order valence-electron chi connectivity index (χ4n) is 2.15. The molecule has 0 aromatic carbocycles. The Morgan fingerprint density at radius 1 is 1.32 bits per heavy atom. The molecule has 2 heterocycles. The number of piperazine rings is 1. The Bertz CT molecular complexity index is 422. The first kappa shape index (κ1) is 14.2. The van der Waals surface area contributed by atoms with Crippen molar-refractivity contribution in [3.05, 3.63) is 17.6 Å². The van der Waals surface area contributed by atoms with Crippen LogP contribution in [-0.4, -0.2) is 48.2 Å². The van der Waals surface area contributed by atoms with Crippen LogP contribution in [0.1, 0.15) is 32.2 Å². The minimum Gasteiger partial charge on any atom is -0.481 e. The van der Waals surface area contributed by atoms with E-state index in [1.54, 1.807) is 7.11 Å². The van der Waals surface area contributed by atoms with Crippen molar-refractivity contribution in [1.82, 2.24) is 20.2 Å². The standard InChI is InChI=1S/C14H24N4O/c1-14(2,3)13-16-9-11(12(17-13)19-4)10-18-7-5-15-6-8-18/h9,15H,5-8,10H2,1-4H3. The third-order valence-electron chi connectivity index (χ3n) is 3.29. The molecule has 0 saturated carbocycles. The molecule has 0 spiro atoms. The van der Waals surface area contributed by atoms with Gasteiger partial charge < -0.3 is 10.1 Å². The van der Waals surface area contributed by atoms with Crippen molar-refractivity contribution in [2.75, 3.05) is 33.3 Å². The molecule has 2 rings (SSSR count). The van der Waals surface area contributed by atoms with Gasteiger partial charge in [0.2, 0.25) is 5.88 Å². The summed E-state index contributed by atoms with van der Waals surface area (Å²) in [4.78, 5) is 11.4. The molecule has 1 N–H and O–H groups in total. The summed E-state index contributed by atoms with van der Waals surface area (Å²) in [6, 6.07) is 0. The van der Waals surface area contributed by atoms with Crippen LogP contribution < -0.4 is 10.1 Å². The fourth-order valence-corrected chi connectivity index (χ4v) is 2.15. The summed E-state index contributed by atoms with van der Waals surface area (Å²) in [5.41, 5.74) is 1.01. The molecule has 106 valence electrons. The minimum atomic E-state index is -0.0547. The lowest BCUT2D eigenvalue weighted by Crippen LogP contribution is -2.43. The summed E-state index contributed by atoms with van der Waals surface area (Å²) < 4.78 is 5.43. The molecule has 1 aromatic heterocycles. The van der Waals surface area contributed by atoms with Crippen molar-refractivity contribution < 1.29 is 4.74 Å². The van der Waals surface area contributed by atoms with Gasteiger partial charge in [0, 0.05) is 49.9 Å². The summed E-state index contributed by atoms with van der Waals surface area (Å²) in [5, 5.41) is 3.35. The summed E-state index contributed by atoms with van der Waals surface area (Å²) in [5.74, 6) is 1.53. The zero-order valence-electron chi connectivity index (χ0n) is 12.4. The molecule has 5 heteroatoms. The zero-order valence-corrected chi connectivity index (χ0v) is 12.4. The molecule has 0 unspecified atom stereocenters. The van der Waals surface area contributed by atoms with E-state index in [0.29, 0.717) is 5.88 Å². The van der Waals surface area contributed by atoms with E-state index in [2.05, 4.69) is 41.0 Å². The number of methoxy groups -OCH3 is 1. The average molecular weight is 264 g/mol. The molecule has 1 fully saturated rings. The Kier molecular flexibility index (Phi) is 4.37. The van der Waals surface area contributed by atoms with Crippen LogP contribution in [0.4, 0.5) is 0 Å². The minimum absolute atomic E-state index is 0.0547. The monoisotopic (exact) mass is 264 g/mol. The van der Waals surface area contributed by atoms with Gasteiger partial charge in [-0.1, -0.05) is 20.8 Å². The average Bonchev–Trinajstić information content (AvgIpc) is 2.39. The number of aromatic nitrogens is 2. The molecule has 1 aliphatic rings. The third kappa shape index (κ3) is 3.64. The van der Waals surface area contributed by atoms with Crippen LogP contribution in [0.25, 0.3) is 0 Å². The molecular formula is C14H24N4O. The van der Waals surface area contributed by atoms with Crippen LogP contribution in [0.5, 0.6) is 5.88 Å². The number of hydrogen-bond acceptors (Lipinski definition) is 5. The van der Waals surface area contributed by atoms with E-state index in [1.165, 1.54) is 0 Å². The van der Waals surface area contributed by atoms with Gasteiger partial charge in [-0.15, -0.1) is 0 Å². The number of ether oxygens (including phenoxy) is 1. The highest BCUT2D eigenvalue weighted by Crippen LogP contribution is 2.23. The van der Waals surface area contributed by atoms with Gasteiger partial charge in [-0.25, -0.2) is 4.98 Å². The van der Waals surface area contributed by atoms with Crippen molar-refractivity contribution in [2.24, 2.45) is 0 Å². The maximum Gasteiger partial charge on any atom is 0.220 e. The van der Waals surface area contributed by atoms with Gasteiger partial charge in [0.1, 0.15) is 5.82 Å². The lowest BCUT2D eigenvalue weighted by Gasteiger charge is -2.27. The normalized spacial score (nSPS) is 17.5. The van der Waals surface area contributed by atoms with Gasteiger partial charge in [-0.05, 0) is 0 Å². The predicted octanol–water partition coefficient (Wildman–Crippen LogP) is 1.19. The number of hydrogen-bond donors (Lipinski definition) is 1. The van der Waals surface area contributed by atoms with E-state index in [4.69, 9.17) is 4.74 Å². The van der Waals surface area contributed by atoms with E-state index in [1.807, 2.05) is 6.20 Å². The van der Waals surface area contributed by atoms with E-state index < -0.39 is 0 Å². The number of nitrogens with zero attached hydrogens (tertiary/aromatic N) is 3. The van der Waals surface area contributed by atoms with Crippen molar-refractivity contribution >= 4 is 0 Å². The molecule has 0 bridgehead atoms. The van der Waals surface area contributed by atoms with Crippen molar-refractivity contribution in [3.63, 3.8) is 0 Å². The SMILES string of the molecule is COc1nc(C(C)(C)C)ncc1CN1CCNCC1. The number of nitrogens with one attached hydrogen (secondary N) is 1. The summed E-state index contributed by atoms with van der Waals surface area (Å²) in [6.45, 7) is 11.4. The molecule has 1 aromatic rings. The zero-order chi connectivity index (χ0) is 13.9. The second kappa shape index (κ2) is 5.84. The molecule has 5 nitrogen and oxygen atoms in total. The van der Waals surface area contributed by atoms with E-state index >= 15 is 0 Å². The number of rotatable bonds is 3. The van der Waals surface area contributed by atoms with Gasteiger partial charge >= 0.3 is 0 Å². The first-order valence-electron chi connectivity index (χ1n) is 6.84. The van der Waals surface area contributed by atoms with Gasteiger partial charge in [0.15, 0.2) is 0 Å². The second-order valence-corrected chi connectivity index (χ2v) is 6.00. The molecule has 0 amide bonds. The summed E-state index contributed by atoms with van der Waals surface area (Å²) in [7, 11) is 1.68. The Morgan fingerprint density at radius 3 is 2.58 bits per heavy atom. The molecule has 0 radical (unpaired) electrons. The molecule has 1 saturated heterocycles. The van der Waals surface area contributed by atoms with E-state index in [0.717, 1.165) is 44.1 Å². The molecule has 19 heavy (non-hydrogen) atoms. The van der Waals surface area contributed by atoms with Gasteiger partial charge in [0.05, 0.1) is 7.11 Å². The summed E-state index contributed by atoms with van der Waals surface area (Å²) >= 11 is 0. The third-order valence-corrected chi connectivity index (χ3v) is 3.29. The van der Waals surface area contributed by atoms with Crippen LogP contribution in [0.15, 0.2) is 6.20 Å². The largest absolute Gasteiger partial charge is 0.481 e. The Hall–Kier alpha value is -1.20. The Balaban J connectivity index is 2.16. The van der Waals surface area contributed by atoms with Gasteiger partial charge in [-0.3, -0.25) is 4.90 Å². The van der Waals surface area contributed by atoms with Gasteiger partial charge in [-0.2, -0.15) is 4.98 Å². The van der Waals surface area contributed by atoms with Gasteiger partial charge in [0.25, 0.3) is 0 Å². The van der Waals surface area contributed by atoms with Crippen LogP contribution in [0.2, 0.25) is 0 Å². The quantitative estimate of drug-likeness (QED) is 0.888. The molecule has 0 aliphatic carbocycles. The first-order valence-corrected chi connectivity index (χ1v) is 6.84. The fraction of sp³-hybridized carbons (Fsp3) is 0.714. The first-order chi connectivity index (χ1) is 9.00. The van der Waals surface area contributed by atoms with E-state index in [-0.39, 0.29) is 5.41 Å². The lowest BCUT2D eigenvalue weighted by atomic mass is 9.95.